The molecule has 14 heavy (non-hydrogen) atoms. The second-order valence-corrected chi connectivity index (χ2v) is 3.49. The van der Waals surface area contributed by atoms with E-state index >= 15 is 0 Å². The third-order valence-corrected chi connectivity index (χ3v) is 2.03. The highest BCUT2D eigenvalue weighted by molar-refractivity contribution is 7.82. The normalized spacial score (nSPS) is 10.5. The SMILES string of the molecule is C#CCOS(=O)(=O)Oc1ccccc1. The van der Waals surface area contributed by atoms with E-state index in [4.69, 9.17) is 6.42 Å². The van der Waals surface area contributed by atoms with Gasteiger partial charge in [0.2, 0.25) is 0 Å². The highest BCUT2D eigenvalue weighted by atomic mass is 32.3. The fourth-order valence-electron chi connectivity index (χ4n) is 0.724. The maximum Gasteiger partial charge on any atom is 0.449 e. The average Bonchev–Trinajstić information content (AvgIpc) is 2.16. The van der Waals surface area contributed by atoms with Crippen molar-refractivity contribution >= 4 is 10.4 Å². The lowest BCUT2D eigenvalue weighted by Gasteiger charge is -2.03. The zero-order valence-electron chi connectivity index (χ0n) is 7.21. The minimum absolute atomic E-state index is 0.185. The fourth-order valence-corrected chi connectivity index (χ4v) is 1.33. The van der Waals surface area contributed by atoms with Crippen molar-refractivity contribution in [2.45, 2.75) is 0 Å². The van der Waals surface area contributed by atoms with E-state index in [1.165, 1.54) is 12.1 Å². The van der Waals surface area contributed by atoms with Gasteiger partial charge in [0.15, 0.2) is 0 Å². The molecule has 0 fully saturated rings. The van der Waals surface area contributed by atoms with Gasteiger partial charge in [-0.2, -0.15) is 8.42 Å². The van der Waals surface area contributed by atoms with Crippen molar-refractivity contribution in [1.29, 1.82) is 0 Å². The third-order valence-electron chi connectivity index (χ3n) is 1.23. The van der Waals surface area contributed by atoms with Gasteiger partial charge >= 0.3 is 10.4 Å². The molecule has 0 heterocycles. The molecule has 1 aromatic carbocycles. The van der Waals surface area contributed by atoms with E-state index in [1.807, 2.05) is 5.92 Å². The van der Waals surface area contributed by atoms with Gasteiger partial charge in [-0.25, -0.2) is 4.18 Å². The molecule has 0 bridgehead atoms. The largest absolute Gasteiger partial charge is 0.449 e. The van der Waals surface area contributed by atoms with Gasteiger partial charge in [0.05, 0.1) is 0 Å². The van der Waals surface area contributed by atoms with Gasteiger partial charge in [-0.3, -0.25) is 0 Å². The van der Waals surface area contributed by atoms with Crippen LogP contribution in [0.15, 0.2) is 30.3 Å². The van der Waals surface area contributed by atoms with Crippen molar-refractivity contribution in [3.8, 4) is 18.1 Å². The van der Waals surface area contributed by atoms with Crippen LogP contribution in [0.25, 0.3) is 0 Å². The lowest BCUT2D eigenvalue weighted by Crippen LogP contribution is -2.13. The Hall–Kier alpha value is -1.51. The molecule has 0 aromatic heterocycles. The first-order chi connectivity index (χ1) is 6.64. The van der Waals surface area contributed by atoms with Crippen LogP contribution in [0.1, 0.15) is 0 Å². The summed E-state index contributed by atoms with van der Waals surface area (Å²) < 4.78 is 30.9. The third kappa shape index (κ3) is 3.47. The summed E-state index contributed by atoms with van der Waals surface area (Å²) in [5, 5.41) is 0. The first-order valence-electron chi connectivity index (χ1n) is 3.71. The molecule has 0 radical (unpaired) electrons. The molecule has 5 heteroatoms. The maximum absolute atomic E-state index is 11.0. The van der Waals surface area contributed by atoms with Crippen LogP contribution in [0, 0.1) is 12.3 Å². The molecule has 0 atom stereocenters. The fraction of sp³-hybridized carbons (Fsp3) is 0.111. The van der Waals surface area contributed by atoms with Gasteiger partial charge in [0, 0.05) is 0 Å². The predicted octanol–water partition coefficient (Wildman–Crippen LogP) is 0.960. The van der Waals surface area contributed by atoms with Crippen molar-refractivity contribution in [2.24, 2.45) is 0 Å². The number of terminal acetylenes is 1. The zero-order chi connectivity index (χ0) is 10.4. The molecular formula is C9H8O4S. The summed E-state index contributed by atoms with van der Waals surface area (Å²) in [6, 6.07) is 8.02. The molecule has 0 spiro atoms. The van der Waals surface area contributed by atoms with Crippen LogP contribution in [0.2, 0.25) is 0 Å². The monoisotopic (exact) mass is 212 g/mol. The van der Waals surface area contributed by atoms with Crippen LogP contribution in [-0.2, 0) is 14.6 Å². The highest BCUT2D eigenvalue weighted by Gasteiger charge is 2.11. The first-order valence-corrected chi connectivity index (χ1v) is 5.05. The van der Waals surface area contributed by atoms with E-state index in [-0.39, 0.29) is 12.4 Å². The van der Waals surface area contributed by atoms with Crippen LogP contribution >= 0.6 is 0 Å². The molecule has 1 rings (SSSR count). The Morgan fingerprint density at radius 1 is 1.29 bits per heavy atom. The maximum atomic E-state index is 11.0. The van der Waals surface area contributed by atoms with E-state index in [0.717, 1.165) is 0 Å². The second-order valence-electron chi connectivity index (χ2n) is 2.27. The predicted molar refractivity (Wildman–Crippen MR) is 50.8 cm³/mol. The van der Waals surface area contributed by atoms with E-state index in [2.05, 4.69) is 8.37 Å². The topological polar surface area (TPSA) is 52.6 Å². The Bertz CT molecular complexity index is 416. The Morgan fingerprint density at radius 2 is 1.93 bits per heavy atom. The van der Waals surface area contributed by atoms with E-state index in [1.54, 1.807) is 18.2 Å². The first kappa shape index (κ1) is 10.6. The molecular weight excluding hydrogens is 204 g/mol. The van der Waals surface area contributed by atoms with Gasteiger partial charge in [-0.15, -0.1) is 6.42 Å². The number of rotatable bonds is 4. The van der Waals surface area contributed by atoms with Crippen LogP contribution in [0.3, 0.4) is 0 Å². The lowest BCUT2D eigenvalue weighted by atomic mass is 10.3. The molecule has 0 aliphatic carbocycles. The molecule has 1 aromatic rings. The molecule has 0 aliphatic rings. The van der Waals surface area contributed by atoms with Gasteiger partial charge in [-0.1, -0.05) is 24.1 Å². The van der Waals surface area contributed by atoms with Crippen molar-refractivity contribution in [3.63, 3.8) is 0 Å². The van der Waals surface area contributed by atoms with E-state index in [9.17, 15) is 8.42 Å². The summed E-state index contributed by atoms with van der Waals surface area (Å²) in [5.74, 6) is 2.21. The summed E-state index contributed by atoms with van der Waals surface area (Å²) in [7, 11) is -4.04. The summed E-state index contributed by atoms with van der Waals surface area (Å²) in [5.41, 5.74) is 0. The highest BCUT2D eigenvalue weighted by Crippen LogP contribution is 2.11. The molecule has 0 unspecified atom stereocenters. The van der Waals surface area contributed by atoms with Crippen LogP contribution in [0.5, 0.6) is 5.75 Å². The molecule has 0 N–H and O–H groups in total. The van der Waals surface area contributed by atoms with Gasteiger partial charge < -0.3 is 4.18 Å². The quantitative estimate of drug-likeness (QED) is 0.697. The summed E-state index contributed by atoms with van der Waals surface area (Å²) in [6.45, 7) is -0.338. The minimum atomic E-state index is -4.04. The Labute approximate surface area is 82.8 Å². The molecule has 0 saturated heterocycles. The summed E-state index contributed by atoms with van der Waals surface area (Å²) >= 11 is 0. The summed E-state index contributed by atoms with van der Waals surface area (Å²) in [4.78, 5) is 0. The average molecular weight is 212 g/mol. The lowest BCUT2D eigenvalue weighted by molar-refractivity contribution is 0.306. The van der Waals surface area contributed by atoms with E-state index < -0.39 is 10.4 Å². The zero-order valence-corrected chi connectivity index (χ0v) is 8.03. The summed E-state index contributed by atoms with van der Waals surface area (Å²) in [6.07, 6.45) is 4.83. The number of para-hydroxylation sites is 1. The Kier molecular flexibility index (Phi) is 3.51. The second kappa shape index (κ2) is 4.65. The molecule has 0 amide bonds. The Morgan fingerprint density at radius 3 is 2.50 bits per heavy atom. The van der Waals surface area contributed by atoms with Crippen molar-refractivity contribution < 1.29 is 16.8 Å². The number of hydrogen-bond acceptors (Lipinski definition) is 4. The molecule has 4 nitrogen and oxygen atoms in total. The number of hydrogen-bond donors (Lipinski definition) is 0. The molecule has 0 aliphatic heterocycles. The van der Waals surface area contributed by atoms with Crippen molar-refractivity contribution in [2.75, 3.05) is 6.61 Å². The Balaban J connectivity index is 2.66. The van der Waals surface area contributed by atoms with Crippen molar-refractivity contribution in [3.05, 3.63) is 30.3 Å². The number of benzene rings is 1. The van der Waals surface area contributed by atoms with Crippen LogP contribution in [-0.4, -0.2) is 15.0 Å². The molecule has 74 valence electrons. The smallest absolute Gasteiger partial charge is 0.362 e. The van der Waals surface area contributed by atoms with Gasteiger partial charge in [-0.05, 0) is 12.1 Å². The van der Waals surface area contributed by atoms with Gasteiger partial charge in [0.25, 0.3) is 0 Å². The van der Waals surface area contributed by atoms with Crippen LogP contribution in [0.4, 0.5) is 0 Å². The van der Waals surface area contributed by atoms with Gasteiger partial charge in [0.1, 0.15) is 12.4 Å². The standard InChI is InChI=1S/C9H8O4S/c1-2-8-12-14(10,11)13-9-6-4-3-5-7-9/h1,3-7H,8H2. The van der Waals surface area contributed by atoms with Crippen LogP contribution < -0.4 is 4.18 Å². The minimum Gasteiger partial charge on any atom is -0.362 e. The van der Waals surface area contributed by atoms with E-state index in [0.29, 0.717) is 0 Å². The van der Waals surface area contributed by atoms with Crippen molar-refractivity contribution in [1.82, 2.24) is 0 Å². The molecule has 0 saturated carbocycles.